The fourth-order valence-corrected chi connectivity index (χ4v) is 4.23. The number of hydrogen-bond acceptors (Lipinski definition) is 2. The first-order chi connectivity index (χ1) is 14.9. The standard InChI is InChI=1S/C28H31NO2/c1-28(2,3)27(30)29-18-17-23-11-7-8-12-25(23)26(29)19-21-13-15-24(16-14-21)31-20-22-9-5-4-6-10-22/h4-16,26H,17-20H2,1-3H3. The summed E-state index contributed by atoms with van der Waals surface area (Å²) in [6, 6.07) is 27.1. The minimum atomic E-state index is -0.389. The van der Waals surface area contributed by atoms with Crippen LogP contribution in [0.5, 0.6) is 5.75 Å². The van der Waals surface area contributed by atoms with Gasteiger partial charge < -0.3 is 9.64 Å². The van der Waals surface area contributed by atoms with Crippen LogP contribution in [0, 0.1) is 5.41 Å². The van der Waals surface area contributed by atoms with Crippen LogP contribution >= 0.6 is 0 Å². The molecule has 1 aliphatic heterocycles. The second-order valence-corrected chi connectivity index (χ2v) is 9.34. The molecule has 160 valence electrons. The lowest BCUT2D eigenvalue weighted by Gasteiger charge is -2.40. The number of ether oxygens (including phenoxy) is 1. The van der Waals surface area contributed by atoms with Gasteiger partial charge in [-0.25, -0.2) is 0 Å². The van der Waals surface area contributed by atoms with Gasteiger partial charge in [-0.15, -0.1) is 0 Å². The fraction of sp³-hybridized carbons (Fsp3) is 0.321. The van der Waals surface area contributed by atoms with Crippen molar-refractivity contribution in [2.75, 3.05) is 6.54 Å². The van der Waals surface area contributed by atoms with E-state index in [1.54, 1.807) is 0 Å². The average molecular weight is 414 g/mol. The molecule has 0 saturated heterocycles. The number of carbonyl (C=O) groups is 1. The molecule has 0 bridgehead atoms. The molecular weight excluding hydrogens is 382 g/mol. The third-order valence-corrected chi connectivity index (χ3v) is 5.92. The molecule has 1 atom stereocenters. The van der Waals surface area contributed by atoms with Crippen molar-refractivity contribution in [2.45, 2.75) is 46.3 Å². The summed E-state index contributed by atoms with van der Waals surface area (Å²) in [5.41, 5.74) is 4.60. The molecule has 0 aromatic heterocycles. The first-order valence-electron chi connectivity index (χ1n) is 11.1. The van der Waals surface area contributed by atoms with Gasteiger partial charge in [0.2, 0.25) is 5.91 Å². The van der Waals surface area contributed by atoms with Crippen molar-refractivity contribution in [3.05, 3.63) is 101 Å². The third-order valence-electron chi connectivity index (χ3n) is 5.92. The summed E-state index contributed by atoms with van der Waals surface area (Å²) in [4.78, 5) is 15.3. The van der Waals surface area contributed by atoms with E-state index in [9.17, 15) is 4.79 Å². The highest BCUT2D eigenvalue weighted by atomic mass is 16.5. The fourth-order valence-electron chi connectivity index (χ4n) is 4.23. The van der Waals surface area contributed by atoms with Gasteiger partial charge in [-0.1, -0.05) is 87.5 Å². The Bertz CT molecular complexity index is 1020. The summed E-state index contributed by atoms with van der Waals surface area (Å²) in [6.45, 7) is 7.35. The number of amides is 1. The summed E-state index contributed by atoms with van der Waals surface area (Å²) in [6.07, 6.45) is 1.72. The molecule has 0 saturated carbocycles. The smallest absolute Gasteiger partial charge is 0.228 e. The minimum Gasteiger partial charge on any atom is -0.489 e. The van der Waals surface area contributed by atoms with Crippen molar-refractivity contribution in [3.63, 3.8) is 0 Å². The van der Waals surface area contributed by atoms with Gasteiger partial charge in [0.15, 0.2) is 0 Å². The topological polar surface area (TPSA) is 29.5 Å². The molecule has 0 fully saturated rings. The maximum absolute atomic E-state index is 13.2. The van der Waals surface area contributed by atoms with E-state index in [1.807, 2.05) is 51.1 Å². The highest BCUT2D eigenvalue weighted by Gasteiger charge is 2.35. The molecule has 1 aliphatic rings. The SMILES string of the molecule is CC(C)(C)C(=O)N1CCc2ccccc2C1Cc1ccc(OCc2ccccc2)cc1. The Kier molecular flexibility index (Phi) is 6.13. The van der Waals surface area contributed by atoms with Crippen molar-refractivity contribution < 1.29 is 9.53 Å². The lowest BCUT2D eigenvalue weighted by molar-refractivity contribution is -0.142. The predicted molar refractivity (Wildman–Crippen MR) is 125 cm³/mol. The lowest BCUT2D eigenvalue weighted by atomic mass is 9.85. The van der Waals surface area contributed by atoms with Crippen molar-refractivity contribution in [2.24, 2.45) is 5.41 Å². The van der Waals surface area contributed by atoms with Crippen LogP contribution < -0.4 is 4.74 Å². The van der Waals surface area contributed by atoms with E-state index in [2.05, 4.69) is 53.4 Å². The van der Waals surface area contributed by atoms with Crippen molar-refractivity contribution >= 4 is 5.91 Å². The molecule has 1 amide bonds. The summed E-state index contributed by atoms with van der Waals surface area (Å²) >= 11 is 0. The number of benzene rings is 3. The zero-order valence-corrected chi connectivity index (χ0v) is 18.7. The van der Waals surface area contributed by atoms with E-state index < -0.39 is 0 Å². The van der Waals surface area contributed by atoms with Crippen LogP contribution in [0.25, 0.3) is 0 Å². The minimum absolute atomic E-state index is 0.0627. The van der Waals surface area contributed by atoms with E-state index in [0.717, 1.165) is 30.7 Å². The largest absolute Gasteiger partial charge is 0.489 e. The maximum atomic E-state index is 13.2. The zero-order chi connectivity index (χ0) is 21.8. The van der Waals surface area contributed by atoms with Crippen molar-refractivity contribution in [1.82, 2.24) is 4.90 Å². The Morgan fingerprint density at radius 2 is 1.58 bits per heavy atom. The second-order valence-electron chi connectivity index (χ2n) is 9.34. The molecule has 4 rings (SSSR count). The van der Waals surface area contributed by atoms with Crippen LogP contribution in [0.1, 0.15) is 49.1 Å². The van der Waals surface area contributed by atoms with Gasteiger partial charge in [-0.2, -0.15) is 0 Å². The summed E-state index contributed by atoms with van der Waals surface area (Å²) in [5, 5.41) is 0. The number of rotatable bonds is 5. The number of carbonyl (C=O) groups excluding carboxylic acids is 1. The van der Waals surface area contributed by atoms with Gasteiger partial charge in [-0.05, 0) is 47.2 Å². The van der Waals surface area contributed by atoms with E-state index >= 15 is 0 Å². The number of fused-ring (bicyclic) bond motifs is 1. The summed E-state index contributed by atoms with van der Waals surface area (Å²) in [5.74, 6) is 1.08. The molecule has 1 heterocycles. The monoisotopic (exact) mass is 413 g/mol. The number of nitrogens with zero attached hydrogens (tertiary/aromatic N) is 1. The van der Waals surface area contributed by atoms with E-state index in [0.29, 0.717) is 6.61 Å². The Balaban J connectivity index is 1.52. The molecule has 0 radical (unpaired) electrons. The van der Waals surface area contributed by atoms with Crippen molar-refractivity contribution in [1.29, 1.82) is 0 Å². The first kappa shape index (κ1) is 21.2. The van der Waals surface area contributed by atoms with E-state index in [-0.39, 0.29) is 17.4 Å². The average Bonchev–Trinajstić information content (AvgIpc) is 2.78. The van der Waals surface area contributed by atoms with Gasteiger partial charge in [0.1, 0.15) is 12.4 Å². The second kappa shape index (κ2) is 8.97. The van der Waals surface area contributed by atoms with Gasteiger partial charge in [0.25, 0.3) is 0 Å². The quantitative estimate of drug-likeness (QED) is 0.515. The zero-order valence-electron chi connectivity index (χ0n) is 18.7. The Morgan fingerprint density at radius 1 is 0.903 bits per heavy atom. The Hall–Kier alpha value is -3.07. The summed E-state index contributed by atoms with van der Waals surface area (Å²) < 4.78 is 5.93. The predicted octanol–water partition coefficient (Wildman–Crippen LogP) is 5.98. The van der Waals surface area contributed by atoms with Crippen LogP contribution in [0.2, 0.25) is 0 Å². The van der Waals surface area contributed by atoms with E-state index in [1.165, 1.54) is 16.7 Å². The number of hydrogen-bond donors (Lipinski definition) is 0. The lowest BCUT2D eigenvalue weighted by Crippen LogP contribution is -2.46. The molecule has 0 spiro atoms. The summed E-state index contributed by atoms with van der Waals surface area (Å²) in [7, 11) is 0. The van der Waals surface area contributed by atoms with Crippen LogP contribution in [-0.2, 0) is 24.2 Å². The molecule has 1 unspecified atom stereocenters. The first-order valence-corrected chi connectivity index (χ1v) is 11.1. The van der Waals surface area contributed by atoms with Gasteiger partial charge in [-0.3, -0.25) is 4.79 Å². The van der Waals surface area contributed by atoms with Crippen LogP contribution in [0.15, 0.2) is 78.9 Å². The molecule has 0 N–H and O–H groups in total. The van der Waals surface area contributed by atoms with Crippen LogP contribution in [-0.4, -0.2) is 17.4 Å². The van der Waals surface area contributed by atoms with Gasteiger partial charge in [0.05, 0.1) is 6.04 Å². The normalized spacial score (nSPS) is 16.0. The van der Waals surface area contributed by atoms with Crippen LogP contribution in [0.3, 0.4) is 0 Å². The Morgan fingerprint density at radius 3 is 2.29 bits per heavy atom. The highest BCUT2D eigenvalue weighted by Crippen LogP contribution is 2.35. The van der Waals surface area contributed by atoms with Crippen molar-refractivity contribution in [3.8, 4) is 5.75 Å². The molecule has 3 nitrogen and oxygen atoms in total. The molecule has 3 aromatic rings. The third kappa shape index (κ3) is 4.99. The maximum Gasteiger partial charge on any atom is 0.228 e. The molecular formula is C28H31NO2. The van der Waals surface area contributed by atoms with Gasteiger partial charge >= 0.3 is 0 Å². The van der Waals surface area contributed by atoms with Gasteiger partial charge in [0, 0.05) is 12.0 Å². The molecule has 31 heavy (non-hydrogen) atoms. The van der Waals surface area contributed by atoms with E-state index in [4.69, 9.17) is 4.74 Å². The Labute approximate surface area is 185 Å². The van der Waals surface area contributed by atoms with Crippen LogP contribution in [0.4, 0.5) is 0 Å². The highest BCUT2D eigenvalue weighted by molar-refractivity contribution is 5.82. The molecule has 3 heteroatoms. The molecule has 0 aliphatic carbocycles. The molecule has 3 aromatic carbocycles.